The Morgan fingerprint density at radius 3 is 2.84 bits per heavy atom. The molecule has 1 fully saturated rings. The third-order valence-corrected chi connectivity index (χ3v) is 4.05. The Kier molecular flexibility index (Phi) is 5.16. The van der Waals surface area contributed by atoms with E-state index in [2.05, 4.69) is 16.8 Å². The molecule has 1 aromatic carbocycles. The van der Waals surface area contributed by atoms with Gasteiger partial charge in [-0.3, -0.25) is 4.90 Å². The molecule has 1 aromatic rings. The Balaban J connectivity index is 2.21. The van der Waals surface area contributed by atoms with Crippen LogP contribution in [0.25, 0.3) is 0 Å². The van der Waals surface area contributed by atoms with Crippen LogP contribution in [0, 0.1) is 5.82 Å². The van der Waals surface area contributed by atoms with Gasteiger partial charge in [-0.05, 0) is 26.1 Å². The molecule has 19 heavy (non-hydrogen) atoms. The van der Waals surface area contributed by atoms with E-state index in [1.807, 2.05) is 0 Å². The maximum absolute atomic E-state index is 14.1. The van der Waals surface area contributed by atoms with Gasteiger partial charge >= 0.3 is 0 Å². The molecule has 3 nitrogen and oxygen atoms in total. The molecule has 1 atom stereocenters. The largest absolute Gasteiger partial charge is 0.329 e. The monoisotopic (exact) mass is 285 g/mol. The van der Waals surface area contributed by atoms with E-state index in [1.165, 1.54) is 0 Å². The number of nitrogens with two attached hydrogens (primary N) is 1. The van der Waals surface area contributed by atoms with Gasteiger partial charge in [-0.15, -0.1) is 0 Å². The fraction of sp³-hybridized carbons (Fsp3) is 0.571. The van der Waals surface area contributed by atoms with Crippen molar-refractivity contribution in [2.75, 3.05) is 39.8 Å². The van der Waals surface area contributed by atoms with Crippen molar-refractivity contribution >= 4 is 11.6 Å². The molecular weight excluding hydrogens is 265 g/mol. The average molecular weight is 286 g/mol. The normalized spacial score (nSPS) is 20.2. The summed E-state index contributed by atoms with van der Waals surface area (Å²) in [6.45, 7) is 4.31. The highest BCUT2D eigenvalue weighted by atomic mass is 35.5. The number of hydrogen-bond acceptors (Lipinski definition) is 3. The van der Waals surface area contributed by atoms with Gasteiger partial charge in [0.15, 0.2) is 0 Å². The van der Waals surface area contributed by atoms with Crippen molar-refractivity contribution in [2.24, 2.45) is 5.73 Å². The van der Waals surface area contributed by atoms with E-state index in [4.69, 9.17) is 17.3 Å². The second-order valence-corrected chi connectivity index (χ2v) is 5.49. The van der Waals surface area contributed by atoms with Gasteiger partial charge < -0.3 is 10.6 Å². The number of likely N-dealkylation sites (N-methyl/N-ethyl adjacent to an activating group) is 1. The van der Waals surface area contributed by atoms with Gasteiger partial charge in [-0.25, -0.2) is 4.39 Å². The van der Waals surface area contributed by atoms with Gasteiger partial charge in [0, 0.05) is 31.7 Å². The molecule has 0 aromatic heterocycles. The zero-order valence-corrected chi connectivity index (χ0v) is 12.0. The highest BCUT2D eigenvalue weighted by Gasteiger charge is 2.24. The summed E-state index contributed by atoms with van der Waals surface area (Å²) in [5.41, 5.74) is 6.49. The zero-order valence-electron chi connectivity index (χ0n) is 11.3. The number of nitrogens with zero attached hydrogens (tertiary/aromatic N) is 2. The Labute approximate surface area is 119 Å². The fourth-order valence-corrected chi connectivity index (χ4v) is 2.81. The van der Waals surface area contributed by atoms with E-state index in [0.29, 0.717) is 12.1 Å². The number of benzene rings is 1. The maximum atomic E-state index is 14.1. The fourth-order valence-electron chi connectivity index (χ4n) is 2.63. The second kappa shape index (κ2) is 6.66. The lowest BCUT2D eigenvalue weighted by atomic mass is 10.0. The molecule has 0 saturated carbocycles. The summed E-state index contributed by atoms with van der Waals surface area (Å²) in [7, 11) is 2.11. The molecule has 1 unspecified atom stereocenters. The summed E-state index contributed by atoms with van der Waals surface area (Å²) in [6.07, 6.45) is 1.08. The van der Waals surface area contributed by atoms with Crippen LogP contribution in [-0.4, -0.2) is 49.6 Å². The van der Waals surface area contributed by atoms with Gasteiger partial charge in [0.25, 0.3) is 0 Å². The molecule has 0 spiro atoms. The molecule has 0 amide bonds. The van der Waals surface area contributed by atoms with Gasteiger partial charge in [-0.2, -0.15) is 0 Å². The summed E-state index contributed by atoms with van der Waals surface area (Å²) < 4.78 is 14.1. The van der Waals surface area contributed by atoms with Crippen molar-refractivity contribution in [1.82, 2.24) is 9.80 Å². The zero-order chi connectivity index (χ0) is 13.8. The number of hydrogen-bond donors (Lipinski definition) is 1. The molecule has 2 rings (SSSR count). The van der Waals surface area contributed by atoms with Crippen LogP contribution in [-0.2, 0) is 0 Å². The lowest BCUT2D eigenvalue weighted by molar-refractivity contribution is 0.204. The molecule has 2 N–H and O–H groups in total. The Bertz CT molecular complexity index is 427. The first-order valence-corrected chi connectivity index (χ1v) is 7.08. The summed E-state index contributed by atoms with van der Waals surface area (Å²) in [5.74, 6) is -0.336. The molecule has 106 valence electrons. The van der Waals surface area contributed by atoms with E-state index < -0.39 is 0 Å². The first-order valence-electron chi connectivity index (χ1n) is 6.70. The topological polar surface area (TPSA) is 32.5 Å². The minimum Gasteiger partial charge on any atom is -0.329 e. The van der Waals surface area contributed by atoms with E-state index in [9.17, 15) is 4.39 Å². The predicted octanol–water partition coefficient (Wildman–Crippen LogP) is 2.12. The van der Waals surface area contributed by atoms with Crippen molar-refractivity contribution in [3.05, 3.63) is 34.6 Å². The third kappa shape index (κ3) is 3.45. The van der Waals surface area contributed by atoms with Crippen LogP contribution in [0.2, 0.25) is 5.02 Å². The van der Waals surface area contributed by atoms with Gasteiger partial charge in [0.1, 0.15) is 5.82 Å². The van der Waals surface area contributed by atoms with Crippen LogP contribution in [0.4, 0.5) is 4.39 Å². The van der Waals surface area contributed by atoms with Crippen LogP contribution in [0.1, 0.15) is 18.0 Å². The van der Waals surface area contributed by atoms with Gasteiger partial charge in [0.2, 0.25) is 0 Å². The smallest absolute Gasteiger partial charge is 0.146 e. The molecule has 5 heteroatoms. The molecule has 1 heterocycles. The second-order valence-electron chi connectivity index (χ2n) is 5.09. The molecule has 0 aliphatic carbocycles. The van der Waals surface area contributed by atoms with Crippen molar-refractivity contribution in [1.29, 1.82) is 0 Å². The van der Waals surface area contributed by atoms with E-state index in [-0.39, 0.29) is 16.9 Å². The molecule has 1 saturated heterocycles. The average Bonchev–Trinajstić information content (AvgIpc) is 2.61. The van der Waals surface area contributed by atoms with Crippen LogP contribution in [0.15, 0.2) is 18.2 Å². The van der Waals surface area contributed by atoms with Gasteiger partial charge in [0.05, 0.1) is 11.1 Å². The van der Waals surface area contributed by atoms with E-state index in [1.54, 1.807) is 18.2 Å². The standard InChI is InChI=1S/C14H21ClFN3/c1-18-6-3-7-19(9-8-18)13(10-17)11-4-2-5-12(15)14(11)16/h2,4-5,13H,3,6-10,17H2,1H3. The minimum atomic E-state index is -0.336. The lowest BCUT2D eigenvalue weighted by Crippen LogP contribution is -2.37. The highest BCUT2D eigenvalue weighted by molar-refractivity contribution is 6.30. The summed E-state index contributed by atoms with van der Waals surface area (Å²) in [4.78, 5) is 4.56. The molecule has 0 radical (unpaired) electrons. The minimum absolute atomic E-state index is 0.0924. The van der Waals surface area contributed by atoms with E-state index >= 15 is 0 Å². The van der Waals surface area contributed by atoms with Crippen molar-refractivity contribution in [2.45, 2.75) is 12.5 Å². The van der Waals surface area contributed by atoms with Crippen molar-refractivity contribution < 1.29 is 4.39 Å². The number of halogens is 2. The molecule has 1 aliphatic rings. The molecule has 1 aliphatic heterocycles. The van der Waals surface area contributed by atoms with Crippen LogP contribution in [0.5, 0.6) is 0 Å². The SMILES string of the molecule is CN1CCCN(C(CN)c2cccc(Cl)c2F)CC1. The third-order valence-electron chi connectivity index (χ3n) is 3.76. The quantitative estimate of drug-likeness (QED) is 0.923. The van der Waals surface area contributed by atoms with Crippen LogP contribution < -0.4 is 5.73 Å². The first kappa shape index (κ1) is 14.7. The number of rotatable bonds is 3. The summed E-state index contributed by atoms with van der Waals surface area (Å²) >= 11 is 5.87. The van der Waals surface area contributed by atoms with Crippen molar-refractivity contribution in [3.8, 4) is 0 Å². The molecule has 0 bridgehead atoms. The summed E-state index contributed by atoms with van der Waals surface area (Å²) in [5, 5.41) is 0.169. The maximum Gasteiger partial charge on any atom is 0.146 e. The van der Waals surface area contributed by atoms with E-state index in [0.717, 1.165) is 32.6 Å². The van der Waals surface area contributed by atoms with Crippen LogP contribution >= 0.6 is 11.6 Å². The Morgan fingerprint density at radius 1 is 1.32 bits per heavy atom. The summed E-state index contributed by atoms with van der Waals surface area (Å²) in [6, 6.07) is 5.05. The van der Waals surface area contributed by atoms with Gasteiger partial charge in [-0.1, -0.05) is 23.7 Å². The lowest BCUT2D eigenvalue weighted by Gasteiger charge is -2.30. The van der Waals surface area contributed by atoms with Crippen molar-refractivity contribution in [3.63, 3.8) is 0 Å². The predicted molar refractivity (Wildman–Crippen MR) is 76.9 cm³/mol. The molecular formula is C14H21ClFN3. The Hall–Kier alpha value is -0.680. The van der Waals surface area contributed by atoms with Crippen LogP contribution in [0.3, 0.4) is 0 Å². The first-order chi connectivity index (χ1) is 9.13. The Morgan fingerprint density at radius 2 is 2.11 bits per heavy atom. The highest BCUT2D eigenvalue weighted by Crippen LogP contribution is 2.27.